The van der Waals surface area contributed by atoms with Crippen molar-refractivity contribution >= 4 is 23.1 Å². The molecule has 2 aliphatic rings. The number of aromatic hydroxyl groups is 1. The Labute approximate surface area is 206 Å². The first kappa shape index (κ1) is 23.7. The van der Waals surface area contributed by atoms with Crippen LogP contribution in [0.2, 0.25) is 0 Å². The summed E-state index contributed by atoms with van der Waals surface area (Å²) in [6, 6.07) is 2.79. The van der Waals surface area contributed by atoms with Gasteiger partial charge in [-0.1, -0.05) is 4.68 Å². The smallest absolute Gasteiger partial charge is 0.278 e. The third kappa shape index (κ3) is 4.24. The highest BCUT2D eigenvalue weighted by atomic mass is 19.1. The van der Waals surface area contributed by atoms with Crippen LogP contribution in [0.25, 0.3) is 10.5 Å². The largest absolute Gasteiger partial charge is 0.505 e. The zero-order valence-electron chi connectivity index (χ0n) is 20.3. The normalized spacial score (nSPS) is 21.1. The van der Waals surface area contributed by atoms with Crippen molar-refractivity contribution in [1.29, 1.82) is 0 Å². The maximum Gasteiger partial charge on any atom is 0.278 e. The van der Waals surface area contributed by atoms with E-state index in [1.807, 2.05) is 0 Å². The number of nitrogens with one attached hydrogen (secondary N) is 2. The Morgan fingerprint density at radius 2 is 2.17 bits per heavy atom. The van der Waals surface area contributed by atoms with Crippen LogP contribution in [-0.2, 0) is 7.05 Å². The summed E-state index contributed by atoms with van der Waals surface area (Å²) in [4.78, 5) is 28.0. The van der Waals surface area contributed by atoms with Crippen LogP contribution in [0.15, 0.2) is 24.7 Å². The van der Waals surface area contributed by atoms with Crippen LogP contribution in [0.4, 0.5) is 27.5 Å². The SMILES string of the molecule is [C-]#[N+]c1cnc(Nc2cc(-n3cnn(C)[n+]3=O)c(O)cc2F)nc1N[C@@H]1C[C@@H]2CCCN2C(C)(C)C1. The summed E-state index contributed by atoms with van der Waals surface area (Å²) in [7, 11) is 1.43. The number of hydrogen-bond acceptors (Lipinski definition) is 8. The van der Waals surface area contributed by atoms with Gasteiger partial charge in [0, 0.05) is 34.7 Å². The lowest BCUT2D eigenvalue weighted by Gasteiger charge is -2.48. The highest BCUT2D eigenvalue weighted by Gasteiger charge is 2.43. The van der Waals surface area contributed by atoms with Crippen LogP contribution in [-0.4, -0.2) is 58.7 Å². The van der Waals surface area contributed by atoms with Crippen molar-refractivity contribution in [3.05, 3.63) is 46.8 Å². The van der Waals surface area contributed by atoms with Crippen molar-refractivity contribution in [2.75, 3.05) is 17.2 Å². The fourth-order valence-corrected chi connectivity index (χ4v) is 5.39. The molecule has 0 amide bonds. The molecule has 3 aromatic rings. The number of phenolic OH excluding ortho intramolecular Hbond substituents is 1. The highest BCUT2D eigenvalue weighted by molar-refractivity contribution is 5.68. The van der Waals surface area contributed by atoms with Gasteiger partial charge in [-0.2, -0.15) is 0 Å². The molecular formula is C23H28FN10O2+. The monoisotopic (exact) mass is 495 g/mol. The standard InChI is InChI=1S/C23H27FN10O2/c1-23(2)11-14(8-15-6-5-7-32(15)23)28-21-18(25-3)12-26-22(30-21)29-17-10-19(20(35)9-16(17)24)33-13-27-31(4)34(33)36/h9-10,12-15H,5-8,11H2,1-2,4H3,(H2-,26,28,29,30,35)/p+1/t14-,15+/m1/s1. The van der Waals surface area contributed by atoms with Gasteiger partial charge in [0.05, 0.1) is 24.4 Å². The minimum atomic E-state index is -0.763. The number of hydrogen-bond donors (Lipinski definition) is 3. The summed E-state index contributed by atoms with van der Waals surface area (Å²) in [6.45, 7) is 13.2. The van der Waals surface area contributed by atoms with Crippen LogP contribution < -0.4 is 15.3 Å². The predicted molar refractivity (Wildman–Crippen MR) is 130 cm³/mol. The molecule has 4 heterocycles. The molecule has 13 heteroatoms. The van der Waals surface area contributed by atoms with Gasteiger partial charge in [-0.05, 0) is 57.0 Å². The topological polar surface area (TPSA) is 123 Å². The second-order valence-corrected chi connectivity index (χ2v) is 9.89. The molecule has 0 radical (unpaired) electrons. The first-order valence-corrected chi connectivity index (χ1v) is 11.8. The molecule has 2 saturated heterocycles. The Balaban J connectivity index is 1.42. The minimum Gasteiger partial charge on any atom is -0.505 e. The van der Waals surface area contributed by atoms with E-state index in [9.17, 15) is 14.4 Å². The quantitative estimate of drug-likeness (QED) is 0.281. The summed E-state index contributed by atoms with van der Waals surface area (Å²) in [5, 5.41) is 20.3. The van der Waals surface area contributed by atoms with Gasteiger partial charge in [0.25, 0.3) is 6.33 Å². The fraction of sp³-hybridized carbons (Fsp3) is 0.478. The highest BCUT2D eigenvalue weighted by Crippen LogP contribution is 2.39. The third-order valence-corrected chi connectivity index (χ3v) is 7.01. The molecule has 0 unspecified atom stereocenters. The fourth-order valence-electron chi connectivity index (χ4n) is 5.39. The minimum absolute atomic E-state index is 0.0173. The number of aromatic nitrogens is 6. The Kier molecular flexibility index (Phi) is 5.83. The van der Waals surface area contributed by atoms with E-state index in [0.29, 0.717) is 16.5 Å². The van der Waals surface area contributed by atoms with Crippen molar-refractivity contribution < 1.29 is 14.2 Å². The molecule has 0 saturated carbocycles. The first-order chi connectivity index (χ1) is 17.2. The van der Waals surface area contributed by atoms with Gasteiger partial charge in [0.2, 0.25) is 11.6 Å². The number of halogens is 1. The van der Waals surface area contributed by atoms with Crippen molar-refractivity contribution in [2.45, 2.75) is 57.2 Å². The Morgan fingerprint density at radius 3 is 2.89 bits per heavy atom. The number of tetrazole rings is 1. The lowest BCUT2D eigenvalue weighted by molar-refractivity contribution is -0.672. The molecule has 3 N–H and O–H groups in total. The van der Waals surface area contributed by atoms with Crippen LogP contribution in [0.1, 0.15) is 39.5 Å². The number of rotatable bonds is 5. The summed E-state index contributed by atoms with van der Waals surface area (Å²) in [6.07, 6.45) is 6.81. The summed E-state index contributed by atoms with van der Waals surface area (Å²) in [5.41, 5.74) is 0.277. The van der Waals surface area contributed by atoms with E-state index in [-0.39, 0.29) is 34.6 Å². The molecular weight excluding hydrogens is 467 g/mol. The lowest BCUT2D eigenvalue weighted by atomic mass is 9.84. The van der Waals surface area contributed by atoms with E-state index < -0.39 is 11.6 Å². The maximum atomic E-state index is 14.7. The molecule has 1 aromatic carbocycles. The number of anilines is 3. The second kappa shape index (κ2) is 8.87. The van der Waals surface area contributed by atoms with E-state index >= 15 is 0 Å². The zero-order valence-corrected chi connectivity index (χ0v) is 20.3. The number of phenols is 1. The Bertz CT molecular complexity index is 1410. The van der Waals surface area contributed by atoms with Gasteiger partial charge < -0.3 is 15.7 Å². The van der Waals surface area contributed by atoms with E-state index in [1.54, 1.807) is 0 Å². The van der Waals surface area contributed by atoms with Crippen molar-refractivity contribution in [1.82, 2.24) is 29.4 Å². The molecule has 2 atom stereocenters. The molecule has 0 spiro atoms. The van der Waals surface area contributed by atoms with Gasteiger partial charge in [-0.15, -0.1) is 0 Å². The number of fused-ring (bicyclic) bond motifs is 1. The molecule has 5 rings (SSSR count). The molecule has 2 aliphatic heterocycles. The molecule has 0 bridgehead atoms. The van der Waals surface area contributed by atoms with Crippen molar-refractivity contribution in [3.63, 3.8) is 0 Å². The third-order valence-electron chi connectivity index (χ3n) is 7.01. The lowest BCUT2D eigenvalue weighted by Crippen LogP contribution is -2.55. The van der Waals surface area contributed by atoms with Crippen LogP contribution >= 0.6 is 0 Å². The predicted octanol–water partition coefficient (Wildman–Crippen LogP) is 2.87. The number of benzene rings is 1. The van der Waals surface area contributed by atoms with Crippen LogP contribution in [0.5, 0.6) is 5.75 Å². The summed E-state index contributed by atoms with van der Waals surface area (Å²) < 4.78 is 16.1. The molecule has 2 aromatic heterocycles. The van der Waals surface area contributed by atoms with E-state index in [1.165, 1.54) is 32.1 Å². The van der Waals surface area contributed by atoms with E-state index in [2.05, 4.69) is 49.3 Å². The zero-order chi connectivity index (χ0) is 25.6. The number of piperidine rings is 1. The van der Waals surface area contributed by atoms with E-state index in [4.69, 9.17) is 6.57 Å². The van der Waals surface area contributed by atoms with Gasteiger partial charge in [0.1, 0.15) is 17.3 Å². The van der Waals surface area contributed by atoms with Crippen LogP contribution in [0.3, 0.4) is 0 Å². The molecule has 0 aliphatic carbocycles. The van der Waals surface area contributed by atoms with Gasteiger partial charge in [0.15, 0.2) is 10.5 Å². The van der Waals surface area contributed by atoms with Crippen molar-refractivity contribution in [3.8, 4) is 11.4 Å². The van der Waals surface area contributed by atoms with Crippen LogP contribution in [0, 0.1) is 17.3 Å². The Hall–Kier alpha value is -4.05. The molecule has 188 valence electrons. The molecule has 36 heavy (non-hydrogen) atoms. The van der Waals surface area contributed by atoms with Gasteiger partial charge in [-0.3, -0.25) is 4.90 Å². The second-order valence-electron chi connectivity index (χ2n) is 9.89. The number of nitrogens with zero attached hydrogens (tertiary/aromatic N) is 8. The summed E-state index contributed by atoms with van der Waals surface area (Å²) in [5.74, 6) is -0.744. The molecule has 2 fully saturated rings. The summed E-state index contributed by atoms with van der Waals surface area (Å²) >= 11 is 0. The average Bonchev–Trinajstić information content (AvgIpc) is 3.43. The van der Waals surface area contributed by atoms with Gasteiger partial charge in [-0.25, -0.2) is 19.2 Å². The average molecular weight is 496 g/mol. The van der Waals surface area contributed by atoms with E-state index in [0.717, 1.165) is 41.4 Å². The van der Waals surface area contributed by atoms with Crippen molar-refractivity contribution in [2.24, 2.45) is 7.05 Å². The van der Waals surface area contributed by atoms with Gasteiger partial charge >= 0.3 is 0 Å². The maximum absolute atomic E-state index is 14.7. The first-order valence-electron chi connectivity index (χ1n) is 11.8. The Morgan fingerprint density at radius 1 is 1.36 bits per heavy atom. The number of aryl methyl sites for hydroxylation is 1. The molecule has 12 nitrogen and oxygen atoms in total.